The van der Waals surface area contributed by atoms with Crippen LogP contribution in [-0.2, 0) is 13.8 Å². The Morgan fingerprint density at radius 2 is 2.00 bits per heavy atom. The van der Waals surface area contributed by atoms with Crippen molar-refractivity contribution in [1.29, 1.82) is 0 Å². The summed E-state index contributed by atoms with van der Waals surface area (Å²) in [5, 5.41) is 20.1. The van der Waals surface area contributed by atoms with E-state index in [9.17, 15) is 14.8 Å². The number of phosphoric acid groups is 1. The van der Waals surface area contributed by atoms with Crippen molar-refractivity contribution in [1.82, 2.24) is 19.5 Å². The maximum Gasteiger partial charge on any atom is 1.00 e. The molecule has 1 saturated heterocycles. The number of rotatable bonds is 4. The number of anilines is 1. The molecule has 15 heteroatoms. The summed E-state index contributed by atoms with van der Waals surface area (Å²) in [6, 6.07) is 0. The standard InChI is InChI=1S/C10H14N5O7P.Na.H2O.H/c11-8-5-9(13-2-12-8)15(3-14-5)10-7(17)6(16)4(22-10)1-21-23(18,19)20;;;/h2-4,6-7,10,16-17H,1H2,(H2,11,12,13)(H2,18,19,20);;1H2;/q;+1;;-1/t4-,6-,7-,10-;;;/m1.../s1. The zero-order chi connectivity index (χ0) is 16.8. The van der Waals surface area contributed by atoms with E-state index in [2.05, 4.69) is 19.5 Å². The summed E-state index contributed by atoms with van der Waals surface area (Å²) in [4.78, 5) is 29.2. The average molecular weight is 389 g/mol. The monoisotopic (exact) mass is 389 g/mol. The Labute approximate surface area is 164 Å². The summed E-state index contributed by atoms with van der Waals surface area (Å²) in [5.74, 6) is 0.142. The van der Waals surface area contributed by atoms with Gasteiger partial charge in [0.2, 0.25) is 0 Å². The number of aliphatic hydroxyl groups excluding tert-OH is 2. The fourth-order valence-electron chi connectivity index (χ4n) is 2.32. The molecule has 2 aromatic rings. The molecule has 0 aliphatic carbocycles. The molecule has 0 radical (unpaired) electrons. The first-order valence-electron chi connectivity index (χ1n) is 6.42. The van der Waals surface area contributed by atoms with Gasteiger partial charge in [-0.05, 0) is 0 Å². The summed E-state index contributed by atoms with van der Waals surface area (Å²) in [7, 11) is -4.72. The third-order valence-electron chi connectivity index (χ3n) is 3.41. The number of imidazole rings is 1. The van der Waals surface area contributed by atoms with Crippen LogP contribution in [0.4, 0.5) is 5.82 Å². The van der Waals surface area contributed by atoms with Gasteiger partial charge in [-0.3, -0.25) is 9.09 Å². The van der Waals surface area contributed by atoms with Crippen LogP contribution in [0.3, 0.4) is 0 Å². The van der Waals surface area contributed by atoms with E-state index in [1.807, 2.05) is 0 Å². The number of phosphoric ester groups is 1. The normalized spacial score (nSPS) is 26.2. The number of hydrogen-bond donors (Lipinski definition) is 5. The van der Waals surface area contributed by atoms with Crippen molar-refractivity contribution in [3.63, 3.8) is 0 Å². The first-order chi connectivity index (χ1) is 10.8. The van der Waals surface area contributed by atoms with Gasteiger partial charge in [0.25, 0.3) is 0 Å². The number of nitrogen functional groups attached to an aromatic ring is 1. The van der Waals surface area contributed by atoms with E-state index in [0.717, 1.165) is 0 Å². The van der Waals surface area contributed by atoms with Gasteiger partial charge in [-0.15, -0.1) is 0 Å². The summed E-state index contributed by atoms with van der Waals surface area (Å²) < 4.78 is 21.8. The fraction of sp³-hybridized carbons (Fsp3) is 0.500. The Morgan fingerprint density at radius 3 is 2.64 bits per heavy atom. The van der Waals surface area contributed by atoms with Gasteiger partial charge >= 0.3 is 37.4 Å². The first kappa shape index (κ1) is 22.3. The molecule has 0 aromatic carbocycles. The van der Waals surface area contributed by atoms with E-state index in [0.29, 0.717) is 5.52 Å². The molecule has 1 aliphatic rings. The second-order valence-electron chi connectivity index (χ2n) is 4.92. The van der Waals surface area contributed by atoms with Gasteiger partial charge < -0.3 is 37.4 Å². The quantitative estimate of drug-likeness (QED) is 0.245. The maximum absolute atomic E-state index is 10.7. The van der Waals surface area contributed by atoms with Gasteiger partial charge in [0.15, 0.2) is 17.7 Å². The fourth-order valence-corrected chi connectivity index (χ4v) is 2.66. The molecule has 0 unspecified atom stereocenters. The van der Waals surface area contributed by atoms with Crippen LogP contribution in [0.25, 0.3) is 11.2 Å². The van der Waals surface area contributed by atoms with Crippen molar-refractivity contribution in [2.24, 2.45) is 0 Å². The molecule has 3 heterocycles. The van der Waals surface area contributed by atoms with Crippen LogP contribution in [0, 0.1) is 0 Å². The number of aliphatic hydroxyl groups is 2. The van der Waals surface area contributed by atoms with Crippen LogP contribution < -0.4 is 35.3 Å². The van der Waals surface area contributed by atoms with Crippen molar-refractivity contribution < 1.29 is 70.3 Å². The van der Waals surface area contributed by atoms with Crippen LogP contribution >= 0.6 is 7.82 Å². The predicted molar refractivity (Wildman–Crippen MR) is 78.4 cm³/mol. The van der Waals surface area contributed by atoms with Crippen molar-refractivity contribution in [2.75, 3.05) is 12.3 Å². The second-order valence-corrected chi connectivity index (χ2v) is 6.15. The molecule has 13 nitrogen and oxygen atoms in total. The molecule has 1 aliphatic heterocycles. The molecule has 3 rings (SSSR count). The number of fused-ring (bicyclic) bond motifs is 1. The Hall–Kier alpha value is -0.700. The van der Waals surface area contributed by atoms with Crippen LogP contribution in [0.15, 0.2) is 12.7 Å². The van der Waals surface area contributed by atoms with Gasteiger partial charge in [-0.25, -0.2) is 19.5 Å². The molecular weight excluding hydrogens is 372 g/mol. The van der Waals surface area contributed by atoms with E-state index < -0.39 is 39.0 Å². The molecule has 0 bridgehead atoms. The van der Waals surface area contributed by atoms with Crippen molar-refractivity contribution in [3.8, 4) is 0 Å². The first-order valence-corrected chi connectivity index (χ1v) is 7.95. The molecule has 0 amide bonds. The molecule has 136 valence electrons. The molecule has 2 aromatic heterocycles. The van der Waals surface area contributed by atoms with E-state index >= 15 is 0 Å². The number of aromatic nitrogens is 4. The Morgan fingerprint density at radius 1 is 1.32 bits per heavy atom. The van der Waals surface area contributed by atoms with Crippen molar-refractivity contribution >= 4 is 24.8 Å². The van der Waals surface area contributed by atoms with Gasteiger partial charge in [0.1, 0.15) is 30.2 Å². The molecule has 0 saturated carbocycles. The molecular formula is C10H17N5NaO8P. The Bertz CT molecular complexity index is 777. The SMILES string of the molecule is Nc1ncnc2c1ncn2[C@@H]1O[C@H](COP(=O)(O)O)[C@@H](O)[C@H]1O.O.[H-].[Na+]. The number of hydrogen-bond acceptors (Lipinski definition) is 9. The van der Waals surface area contributed by atoms with Crippen LogP contribution in [0.1, 0.15) is 7.65 Å². The van der Waals surface area contributed by atoms with Gasteiger partial charge in [-0.2, -0.15) is 0 Å². The van der Waals surface area contributed by atoms with Crippen molar-refractivity contribution in [3.05, 3.63) is 12.7 Å². The Kier molecular flexibility index (Phi) is 7.44. The summed E-state index contributed by atoms with van der Waals surface area (Å²) in [5.41, 5.74) is 6.25. The topological polar surface area (TPSA) is 218 Å². The largest absolute Gasteiger partial charge is 1.00 e. The van der Waals surface area contributed by atoms with E-state index in [1.165, 1.54) is 17.2 Å². The zero-order valence-electron chi connectivity index (χ0n) is 14.0. The maximum atomic E-state index is 10.7. The average Bonchev–Trinajstić information content (AvgIpc) is 3.01. The predicted octanol–water partition coefficient (Wildman–Crippen LogP) is -5.57. The van der Waals surface area contributed by atoms with Crippen LogP contribution in [0.5, 0.6) is 0 Å². The molecule has 1 fully saturated rings. The smallest absolute Gasteiger partial charge is 1.00 e. The summed E-state index contributed by atoms with van der Waals surface area (Å²) in [6.07, 6.45) is -2.49. The third-order valence-corrected chi connectivity index (χ3v) is 3.89. The van der Waals surface area contributed by atoms with E-state index in [4.69, 9.17) is 20.3 Å². The van der Waals surface area contributed by atoms with Crippen LogP contribution in [0.2, 0.25) is 0 Å². The second kappa shape index (κ2) is 8.33. The van der Waals surface area contributed by atoms with Gasteiger partial charge in [0.05, 0.1) is 12.9 Å². The minimum atomic E-state index is -4.72. The molecule has 8 N–H and O–H groups in total. The number of ether oxygens (including phenoxy) is 1. The van der Waals surface area contributed by atoms with Gasteiger partial charge in [-0.1, -0.05) is 0 Å². The summed E-state index contributed by atoms with van der Waals surface area (Å²) >= 11 is 0. The zero-order valence-corrected chi connectivity index (χ0v) is 15.9. The minimum Gasteiger partial charge on any atom is -1.00 e. The summed E-state index contributed by atoms with van der Waals surface area (Å²) in [6.45, 7) is -0.594. The molecule has 4 atom stereocenters. The molecule has 25 heavy (non-hydrogen) atoms. The van der Waals surface area contributed by atoms with E-state index in [1.54, 1.807) is 0 Å². The minimum absolute atomic E-state index is 0. The van der Waals surface area contributed by atoms with Crippen LogP contribution in [-0.4, -0.2) is 69.9 Å². The number of nitrogens with two attached hydrogens (primary N) is 1. The Balaban J connectivity index is 0.00000208. The molecule has 0 spiro atoms. The van der Waals surface area contributed by atoms with Gasteiger partial charge in [0, 0.05) is 0 Å². The van der Waals surface area contributed by atoms with Crippen molar-refractivity contribution in [2.45, 2.75) is 24.5 Å². The van der Waals surface area contributed by atoms with E-state index in [-0.39, 0.29) is 47.9 Å². The number of nitrogens with zero attached hydrogens (tertiary/aromatic N) is 4. The third kappa shape index (κ3) is 4.53.